The zero-order valence-corrected chi connectivity index (χ0v) is 11.3. The molecule has 0 fully saturated rings. The first-order chi connectivity index (χ1) is 10.3. The fraction of sp³-hybridized carbons (Fsp3) is 0.0556. The standard InChI is InChI=1S/C18H13FN2/c19-16-6-7-17-14(11-16)8-10-21(17)12-15-4-1-3-13-5-2-9-20-18(13)15/h1-11H,12H2. The monoisotopic (exact) mass is 276 g/mol. The van der Waals surface area contributed by atoms with Gasteiger partial charge in [-0.05, 0) is 35.9 Å². The molecule has 0 amide bonds. The summed E-state index contributed by atoms with van der Waals surface area (Å²) in [6.45, 7) is 0.726. The Hall–Kier alpha value is -2.68. The summed E-state index contributed by atoms with van der Waals surface area (Å²) < 4.78 is 15.4. The Morgan fingerprint density at radius 2 is 1.86 bits per heavy atom. The molecule has 0 spiro atoms. The summed E-state index contributed by atoms with van der Waals surface area (Å²) in [6.07, 6.45) is 3.81. The minimum absolute atomic E-state index is 0.202. The van der Waals surface area contributed by atoms with Crippen molar-refractivity contribution in [3.05, 3.63) is 78.4 Å². The second-order valence-electron chi connectivity index (χ2n) is 5.14. The molecule has 2 nitrogen and oxygen atoms in total. The van der Waals surface area contributed by atoms with Gasteiger partial charge in [-0.1, -0.05) is 24.3 Å². The van der Waals surface area contributed by atoms with Gasteiger partial charge in [0.05, 0.1) is 5.52 Å². The lowest BCUT2D eigenvalue weighted by atomic mass is 10.1. The molecule has 0 saturated carbocycles. The van der Waals surface area contributed by atoms with Gasteiger partial charge >= 0.3 is 0 Å². The lowest BCUT2D eigenvalue weighted by Crippen LogP contribution is -1.99. The molecule has 21 heavy (non-hydrogen) atoms. The van der Waals surface area contributed by atoms with Crippen LogP contribution in [0.3, 0.4) is 0 Å². The van der Waals surface area contributed by atoms with E-state index >= 15 is 0 Å². The van der Waals surface area contributed by atoms with Crippen molar-refractivity contribution in [2.45, 2.75) is 6.54 Å². The van der Waals surface area contributed by atoms with Crippen LogP contribution in [0.25, 0.3) is 21.8 Å². The van der Waals surface area contributed by atoms with Crippen LogP contribution in [0.5, 0.6) is 0 Å². The van der Waals surface area contributed by atoms with Crippen LogP contribution >= 0.6 is 0 Å². The van der Waals surface area contributed by atoms with Gasteiger partial charge in [0.15, 0.2) is 0 Å². The molecule has 0 bridgehead atoms. The van der Waals surface area contributed by atoms with E-state index in [2.05, 4.69) is 27.8 Å². The Bertz CT molecular complexity index is 935. The molecule has 4 aromatic rings. The first-order valence-corrected chi connectivity index (χ1v) is 6.88. The van der Waals surface area contributed by atoms with Gasteiger partial charge in [0.2, 0.25) is 0 Å². The number of benzene rings is 2. The Kier molecular flexibility index (Phi) is 2.71. The molecule has 0 aliphatic heterocycles. The van der Waals surface area contributed by atoms with Crippen molar-refractivity contribution >= 4 is 21.8 Å². The Balaban J connectivity index is 1.83. The van der Waals surface area contributed by atoms with Crippen LogP contribution in [0.15, 0.2) is 67.0 Å². The zero-order valence-electron chi connectivity index (χ0n) is 11.3. The zero-order chi connectivity index (χ0) is 14.2. The molecule has 102 valence electrons. The summed E-state index contributed by atoms with van der Waals surface area (Å²) in [5.74, 6) is -0.202. The number of para-hydroxylation sites is 1. The highest BCUT2D eigenvalue weighted by Gasteiger charge is 2.06. The largest absolute Gasteiger partial charge is 0.343 e. The van der Waals surface area contributed by atoms with Gasteiger partial charge in [0, 0.05) is 35.2 Å². The molecular formula is C18H13FN2. The van der Waals surface area contributed by atoms with E-state index in [0.29, 0.717) is 0 Å². The molecule has 3 heteroatoms. The predicted molar refractivity (Wildman–Crippen MR) is 82.7 cm³/mol. The van der Waals surface area contributed by atoms with Gasteiger partial charge in [0.25, 0.3) is 0 Å². The van der Waals surface area contributed by atoms with Gasteiger partial charge in [-0.25, -0.2) is 4.39 Å². The van der Waals surface area contributed by atoms with Crippen molar-refractivity contribution in [3.8, 4) is 0 Å². The number of hydrogen-bond acceptors (Lipinski definition) is 1. The molecule has 2 heterocycles. The van der Waals surface area contributed by atoms with Gasteiger partial charge in [-0.2, -0.15) is 0 Å². The third kappa shape index (κ3) is 2.07. The fourth-order valence-corrected chi connectivity index (χ4v) is 2.79. The van der Waals surface area contributed by atoms with Crippen molar-refractivity contribution in [2.75, 3.05) is 0 Å². The summed E-state index contributed by atoms with van der Waals surface area (Å²) in [6, 6.07) is 17.0. The number of fused-ring (bicyclic) bond motifs is 2. The molecule has 0 unspecified atom stereocenters. The maximum Gasteiger partial charge on any atom is 0.123 e. The maximum atomic E-state index is 13.3. The molecule has 0 N–H and O–H groups in total. The highest BCUT2D eigenvalue weighted by atomic mass is 19.1. The Morgan fingerprint density at radius 3 is 2.81 bits per heavy atom. The summed E-state index contributed by atoms with van der Waals surface area (Å²) in [5.41, 5.74) is 3.21. The van der Waals surface area contributed by atoms with Gasteiger partial charge < -0.3 is 4.57 Å². The topological polar surface area (TPSA) is 17.8 Å². The number of hydrogen-bond donors (Lipinski definition) is 0. The van der Waals surface area contributed by atoms with E-state index in [4.69, 9.17) is 0 Å². The van der Waals surface area contributed by atoms with Gasteiger partial charge in [-0.3, -0.25) is 4.98 Å². The van der Waals surface area contributed by atoms with Crippen LogP contribution in [0.2, 0.25) is 0 Å². The van der Waals surface area contributed by atoms with Crippen LogP contribution in [0.1, 0.15) is 5.56 Å². The van der Waals surface area contributed by atoms with E-state index in [1.807, 2.05) is 36.7 Å². The van der Waals surface area contributed by atoms with Crippen LogP contribution in [-0.4, -0.2) is 9.55 Å². The molecule has 0 atom stereocenters. The number of halogens is 1. The third-order valence-electron chi connectivity index (χ3n) is 3.79. The van der Waals surface area contributed by atoms with Crippen molar-refractivity contribution in [2.24, 2.45) is 0 Å². The van der Waals surface area contributed by atoms with Crippen LogP contribution in [0, 0.1) is 5.82 Å². The number of nitrogens with zero attached hydrogens (tertiary/aromatic N) is 2. The number of rotatable bonds is 2. The first-order valence-electron chi connectivity index (χ1n) is 6.88. The summed E-state index contributed by atoms with van der Waals surface area (Å²) in [5, 5.41) is 2.06. The van der Waals surface area contributed by atoms with Crippen molar-refractivity contribution in [1.29, 1.82) is 0 Å². The summed E-state index contributed by atoms with van der Waals surface area (Å²) in [7, 11) is 0. The molecule has 0 aliphatic carbocycles. The molecule has 2 aromatic carbocycles. The second kappa shape index (κ2) is 4.70. The second-order valence-corrected chi connectivity index (χ2v) is 5.14. The quantitative estimate of drug-likeness (QED) is 0.531. The van der Waals surface area contributed by atoms with E-state index < -0.39 is 0 Å². The molecule has 0 radical (unpaired) electrons. The molecule has 0 saturated heterocycles. The minimum Gasteiger partial charge on any atom is -0.343 e. The molecule has 0 aliphatic rings. The predicted octanol–water partition coefficient (Wildman–Crippen LogP) is 4.38. The van der Waals surface area contributed by atoms with Crippen molar-refractivity contribution < 1.29 is 4.39 Å². The van der Waals surface area contributed by atoms with E-state index in [0.717, 1.165) is 33.9 Å². The minimum atomic E-state index is -0.202. The van der Waals surface area contributed by atoms with Gasteiger partial charge in [0.1, 0.15) is 5.82 Å². The van der Waals surface area contributed by atoms with Gasteiger partial charge in [-0.15, -0.1) is 0 Å². The molecule has 2 aromatic heterocycles. The lowest BCUT2D eigenvalue weighted by molar-refractivity contribution is 0.629. The maximum absolute atomic E-state index is 13.3. The van der Waals surface area contributed by atoms with Crippen LogP contribution in [0.4, 0.5) is 4.39 Å². The summed E-state index contributed by atoms with van der Waals surface area (Å²) in [4.78, 5) is 4.48. The Labute approximate surface area is 121 Å². The van der Waals surface area contributed by atoms with Crippen molar-refractivity contribution in [1.82, 2.24) is 9.55 Å². The average molecular weight is 276 g/mol. The smallest absolute Gasteiger partial charge is 0.123 e. The first kappa shape index (κ1) is 12.1. The highest BCUT2D eigenvalue weighted by molar-refractivity contribution is 5.83. The van der Waals surface area contributed by atoms with Crippen LogP contribution < -0.4 is 0 Å². The van der Waals surface area contributed by atoms with E-state index in [-0.39, 0.29) is 5.82 Å². The Morgan fingerprint density at radius 1 is 0.952 bits per heavy atom. The number of aromatic nitrogens is 2. The van der Waals surface area contributed by atoms with E-state index in [1.165, 1.54) is 6.07 Å². The summed E-state index contributed by atoms with van der Waals surface area (Å²) >= 11 is 0. The molecule has 4 rings (SSSR count). The lowest BCUT2D eigenvalue weighted by Gasteiger charge is -2.08. The highest BCUT2D eigenvalue weighted by Crippen LogP contribution is 2.21. The third-order valence-corrected chi connectivity index (χ3v) is 3.79. The van der Waals surface area contributed by atoms with E-state index in [9.17, 15) is 4.39 Å². The van der Waals surface area contributed by atoms with E-state index in [1.54, 1.807) is 6.07 Å². The van der Waals surface area contributed by atoms with Crippen LogP contribution in [-0.2, 0) is 6.54 Å². The normalized spacial score (nSPS) is 11.3. The SMILES string of the molecule is Fc1ccc2c(ccn2Cc2cccc3cccnc23)c1. The average Bonchev–Trinajstić information content (AvgIpc) is 2.90. The number of pyridine rings is 1. The molecular weight excluding hydrogens is 263 g/mol. The fourth-order valence-electron chi connectivity index (χ4n) is 2.79. The van der Waals surface area contributed by atoms with Crippen molar-refractivity contribution in [3.63, 3.8) is 0 Å².